The molecule has 2 aromatic heterocycles. The number of aryl methyl sites for hydroxylation is 2. The van der Waals surface area contributed by atoms with Crippen LogP contribution in [0.4, 0.5) is 0 Å². The summed E-state index contributed by atoms with van der Waals surface area (Å²) in [4.78, 5) is 3.04. The van der Waals surface area contributed by atoms with E-state index < -0.39 is 0 Å². The van der Waals surface area contributed by atoms with Crippen LogP contribution in [-0.2, 0) is 13.5 Å². The number of nitrogens with zero attached hydrogens (tertiary/aromatic N) is 1. The first-order chi connectivity index (χ1) is 7.79. The number of nitrogens with one attached hydrogen (secondary N) is 1. The third-order valence-corrected chi connectivity index (χ3v) is 2.71. The summed E-state index contributed by atoms with van der Waals surface area (Å²) in [6, 6.07) is 6.38. The van der Waals surface area contributed by atoms with E-state index in [1.807, 2.05) is 12.4 Å². The highest BCUT2D eigenvalue weighted by Gasteiger charge is 2.02. The highest BCUT2D eigenvalue weighted by molar-refractivity contribution is 5.66. The van der Waals surface area contributed by atoms with Crippen molar-refractivity contribution in [2.75, 3.05) is 0 Å². The molecule has 0 fully saturated rings. The molecular formula is C14H17IN2. The van der Waals surface area contributed by atoms with Gasteiger partial charge < -0.3 is 29.0 Å². The Balaban J connectivity index is 0.00000144. The lowest BCUT2D eigenvalue weighted by molar-refractivity contribution is -0.673. The summed E-state index contributed by atoms with van der Waals surface area (Å²) in [6.07, 6.45) is 11.4. The monoisotopic (exact) mass is 340 g/mol. The Labute approximate surface area is 119 Å². The highest BCUT2D eigenvalue weighted by Crippen LogP contribution is 2.05. The van der Waals surface area contributed by atoms with Crippen LogP contribution in [0.15, 0.2) is 36.8 Å². The summed E-state index contributed by atoms with van der Waals surface area (Å²) in [5, 5.41) is 0. The molecule has 2 nitrogen and oxygen atoms in total. The molecular weight excluding hydrogens is 323 g/mol. The lowest BCUT2D eigenvalue weighted by atomic mass is 10.2. The van der Waals surface area contributed by atoms with Crippen molar-refractivity contribution in [3.63, 3.8) is 0 Å². The highest BCUT2D eigenvalue weighted by atomic mass is 127. The van der Waals surface area contributed by atoms with Gasteiger partial charge in [-0.3, -0.25) is 0 Å². The Morgan fingerprint density at radius 3 is 2.65 bits per heavy atom. The van der Waals surface area contributed by atoms with Crippen LogP contribution < -0.4 is 28.5 Å². The molecule has 0 bridgehead atoms. The van der Waals surface area contributed by atoms with Gasteiger partial charge in [-0.05, 0) is 30.2 Å². The molecule has 0 saturated carbocycles. The molecule has 0 spiro atoms. The topological polar surface area (TPSA) is 19.7 Å². The molecule has 0 atom stereocenters. The minimum Gasteiger partial charge on any atom is -1.00 e. The molecule has 0 aliphatic carbocycles. The lowest BCUT2D eigenvalue weighted by Crippen LogP contribution is -3.00. The molecule has 0 saturated heterocycles. The molecule has 2 aromatic rings. The Bertz CT molecular complexity index is 487. The second-order valence-corrected chi connectivity index (χ2v) is 3.90. The van der Waals surface area contributed by atoms with Crippen molar-refractivity contribution in [1.29, 1.82) is 0 Å². The molecule has 2 heterocycles. The van der Waals surface area contributed by atoms with Crippen molar-refractivity contribution in [3.05, 3.63) is 53.6 Å². The third-order valence-electron chi connectivity index (χ3n) is 2.71. The van der Waals surface area contributed by atoms with Gasteiger partial charge in [-0.25, -0.2) is 4.57 Å². The summed E-state index contributed by atoms with van der Waals surface area (Å²) < 4.78 is 2.15. The minimum atomic E-state index is 0. The van der Waals surface area contributed by atoms with Crippen LogP contribution in [0.3, 0.4) is 0 Å². The maximum absolute atomic E-state index is 3.04. The smallest absolute Gasteiger partial charge is 0.204 e. The number of pyridine rings is 1. The van der Waals surface area contributed by atoms with Gasteiger partial charge in [0.05, 0.1) is 0 Å². The maximum atomic E-state index is 3.04. The zero-order valence-electron chi connectivity index (χ0n) is 10.2. The summed E-state index contributed by atoms with van der Waals surface area (Å²) >= 11 is 0. The van der Waals surface area contributed by atoms with Crippen LogP contribution in [0.5, 0.6) is 0 Å². The average molecular weight is 340 g/mol. The molecule has 17 heavy (non-hydrogen) atoms. The number of rotatable bonds is 3. The number of hydrogen-bond donors (Lipinski definition) is 1. The van der Waals surface area contributed by atoms with Gasteiger partial charge in [-0.2, -0.15) is 0 Å². The van der Waals surface area contributed by atoms with Crippen LogP contribution >= 0.6 is 0 Å². The standard InChI is InChI=1S/C14H16N2.HI/c1-3-12-4-6-14(16(2)11-12)7-5-13-8-9-15-10-13;/h4-11H,3H2,1-2H3;1H. The van der Waals surface area contributed by atoms with E-state index >= 15 is 0 Å². The normalized spacial score (nSPS) is 10.5. The summed E-state index contributed by atoms with van der Waals surface area (Å²) in [7, 11) is 2.08. The second kappa shape index (κ2) is 6.59. The van der Waals surface area contributed by atoms with Gasteiger partial charge in [-0.1, -0.05) is 6.92 Å². The van der Waals surface area contributed by atoms with E-state index in [0.717, 1.165) is 6.42 Å². The first-order valence-electron chi connectivity index (χ1n) is 5.59. The minimum absolute atomic E-state index is 0. The van der Waals surface area contributed by atoms with Crippen LogP contribution in [0.25, 0.3) is 12.2 Å². The summed E-state index contributed by atoms with van der Waals surface area (Å²) in [6.45, 7) is 2.17. The van der Waals surface area contributed by atoms with Crippen molar-refractivity contribution < 1.29 is 28.5 Å². The predicted molar refractivity (Wildman–Crippen MR) is 66.7 cm³/mol. The summed E-state index contributed by atoms with van der Waals surface area (Å²) in [5.41, 5.74) is 3.76. The van der Waals surface area contributed by atoms with E-state index in [9.17, 15) is 0 Å². The van der Waals surface area contributed by atoms with Crippen LogP contribution in [-0.4, -0.2) is 4.98 Å². The molecule has 0 aliphatic rings. The number of hydrogen-bond acceptors (Lipinski definition) is 0. The molecule has 2 rings (SSSR count). The Hall–Kier alpha value is -1.10. The Morgan fingerprint density at radius 1 is 1.24 bits per heavy atom. The van der Waals surface area contributed by atoms with Crippen molar-refractivity contribution in [2.45, 2.75) is 13.3 Å². The fourth-order valence-corrected chi connectivity index (χ4v) is 1.68. The van der Waals surface area contributed by atoms with E-state index in [-0.39, 0.29) is 24.0 Å². The van der Waals surface area contributed by atoms with Gasteiger partial charge in [0.1, 0.15) is 7.05 Å². The fourth-order valence-electron chi connectivity index (χ4n) is 1.68. The average Bonchev–Trinajstić information content (AvgIpc) is 2.80. The van der Waals surface area contributed by atoms with Gasteiger partial charge in [0.15, 0.2) is 6.20 Å². The molecule has 0 radical (unpaired) electrons. The first-order valence-corrected chi connectivity index (χ1v) is 5.59. The third kappa shape index (κ3) is 3.70. The largest absolute Gasteiger partial charge is 1.00 e. The van der Waals surface area contributed by atoms with Crippen molar-refractivity contribution in [1.82, 2.24) is 4.98 Å². The molecule has 3 heteroatoms. The number of halogens is 1. The van der Waals surface area contributed by atoms with E-state index in [0.29, 0.717) is 0 Å². The first kappa shape index (κ1) is 14.0. The molecule has 0 amide bonds. The number of H-pyrrole nitrogens is 1. The molecule has 90 valence electrons. The second-order valence-electron chi connectivity index (χ2n) is 3.90. The molecule has 0 aromatic carbocycles. The summed E-state index contributed by atoms with van der Waals surface area (Å²) in [5.74, 6) is 0. The van der Waals surface area contributed by atoms with Gasteiger partial charge in [0.25, 0.3) is 0 Å². The Kier molecular flexibility index (Phi) is 5.41. The Morgan fingerprint density at radius 2 is 2.06 bits per heavy atom. The number of aromatic amines is 1. The van der Waals surface area contributed by atoms with Crippen molar-refractivity contribution >= 4 is 12.2 Å². The van der Waals surface area contributed by atoms with Crippen LogP contribution in [0.1, 0.15) is 23.7 Å². The van der Waals surface area contributed by atoms with Crippen molar-refractivity contribution in [3.8, 4) is 0 Å². The SMILES string of the molecule is CCc1ccc(/C=C/c2cc[nH]c2)[n+](C)c1.[I-]. The quantitative estimate of drug-likeness (QED) is 0.578. The molecule has 0 aliphatic heterocycles. The maximum Gasteiger partial charge on any atom is 0.204 e. The van der Waals surface area contributed by atoms with Gasteiger partial charge in [-0.15, -0.1) is 0 Å². The van der Waals surface area contributed by atoms with Crippen molar-refractivity contribution in [2.24, 2.45) is 7.05 Å². The van der Waals surface area contributed by atoms with Crippen LogP contribution in [0, 0.1) is 0 Å². The molecule has 0 unspecified atom stereocenters. The van der Waals surface area contributed by atoms with Gasteiger partial charge in [0.2, 0.25) is 5.69 Å². The fraction of sp³-hybridized carbons (Fsp3) is 0.214. The predicted octanol–water partition coefficient (Wildman–Crippen LogP) is -0.424. The van der Waals surface area contributed by atoms with Gasteiger partial charge >= 0.3 is 0 Å². The zero-order valence-corrected chi connectivity index (χ0v) is 12.3. The van der Waals surface area contributed by atoms with E-state index in [4.69, 9.17) is 0 Å². The lowest BCUT2D eigenvalue weighted by Gasteiger charge is -1.97. The van der Waals surface area contributed by atoms with E-state index in [2.05, 4.69) is 60.1 Å². The van der Waals surface area contributed by atoms with E-state index in [1.54, 1.807) is 0 Å². The number of aromatic nitrogens is 2. The van der Waals surface area contributed by atoms with E-state index in [1.165, 1.54) is 16.8 Å². The zero-order chi connectivity index (χ0) is 11.4. The van der Waals surface area contributed by atoms with Crippen LogP contribution in [0.2, 0.25) is 0 Å². The molecule has 1 N–H and O–H groups in total. The van der Waals surface area contributed by atoms with Gasteiger partial charge in [0, 0.05) is 30.1 Å².